The monoisotopic (exact) mass is 497 g/mol. The van der Waals surface area contributed by atoms with Gasteiger partial charge in [0.05, 0.1) is 35.9 Å². The number of rotatable bonds is 8. The van der Waals surface area contributed by atoms with Crippen molar-refractivity contribution in [3.63, 3.8) is 0 Å². The number of piperazine rings is 1. The number of carbonyl (C=O) groups is 2. The van der Waals surface area contributed by atoms with Crippen LogP contribution >= 0.6 is 23.1 Å². The zero-order valence-corrected chi connectivity index (χ0v) is 19.9. The predicted octanol–water partition coefficient (Wildman–Crippen LogP) is 2.24. The maximum absolute atomic E-state index is 12.8. The van der Waals surface area contributed by atoms with Crippen molar-refractivity contribution < 1.29 is 14.0 Å². The van der Waals surface area contributed by atoms with Crippen molar-refractivity contribution in [3.05, 3.63) is 54.7 Å². The van der Waals surface area contributed by atoms with Gasteiger partial charge in [-0.05, 0) is 24.3 Å². The summed E-state index contributed by atoms with van der Waals surface area (Å²) in [6.45, 7) is 3.29. The number of hydrogen-bond donors (Lipinski definition) is 1. The van der Waals surface area contributed by atoms with E-state index in [1.807, 2.05) is 39.8 Å². The summed E-state index contributed by atoms with van der Waals surface area (Å²) < 4.78 is 7.84. The third-order valence-electron chi connectivity index (χ3n) is 5.50. The SMILES string of the molecule is O=C(CSc1nnc(N2CCN(C(=O)Cn3cnc4ccccc43)CC2)s1)NCc1ccco1. The highest BCUT2D eigenvalue weighted by atomic mass is 32.2. The van der Waals surface area contributed by atoms with Crippen LogP contribution in [-0.2, 0) is 22.7 Å². The highest BCUT2D eigenvalue weighted by Gasteiger charge is 2.24. The standard InChI is InChI=1S/C22H23N7O3S2/c30-19(23-12-16-4-3-11-32-16)14-33-22-26-25-21(34-22)28-9-7-27(8-10-28)20(31)13-29-15-24-17-5-1-2-6-18(17)29/h1-6,11,15H,7-10,12-14H2,(H,23,30). The number of nitrogens with one attached hydrogen (secondary N) is 1. The fourth-order valence-electron chi connectivity index (χ4n) is 3.69. The molecule has 0 atom stereocenters. The molecule has 0 radical (unpaired) electrons. The van der Waals surface area contributed by atoms with Gasteiger partial charge in [0, 0.05) is 26.2 Å². The number of carbonyl (C=O) groups excluding carboxylic acids is 2. The van der Waals surface area contributed by atoms with Gasteiger partial charge in [0.25, 0.3) is 0 Å². The fraction of sp³-hybridized carbons (Fsp3) is 0.318. The zero-order chi connectivity index (χ0) is 23.3. The molecule has 0 bridgehead atoms. The predicted molar refractivity (Wildman–Crippen MR) is 130 cm³/mol. The molecule has 1 N–H and O–H groups in total. The van der Waals surface area contributed by atoms with Crippen LogP contribution in [-0.4, -0.2) is 68.4 Å². The first kappa shape index (κ1) is 22.4. The molecule has 0 spiro atoms. The molecular formula is C22H23N7O3S2. The second kappa shape index (κ2) is 10.3. The lowest BCUT2D eigenvalue weighted by molar-refractivity contribution is -0.132. The molecule has 4 aromatic rings. The minimum atomic E-state index is -0.0871. The van der Waals surface area contributed by atoms with Gasteiger partial charge in [-0.2, -0.15) is 0 Å². The lowest BCUT2D eigenvalue weighted by atomic mass is 10.3. The summed E-state index contributed by atoms with van der Waals surface area (Å²) >= 11 is 2.83. The van der Waals surface area contributed by atoms with Crippen molar-refractivity contribution >= 4 is 51.1 Å². The Balaban J connectivity index is 1.08. The van der Waals surface area contributed by atoms with E-state index in [1.54, 1.807) is 18.7 Å². The van der Waals surface area contributed by atoms with Gasteiger partial charge < -0.3 is 24.1 Å². The first-order valence-electron chi connectivity index (χ1n) is 10.8. The second-order valence-corrected chi connectivity index (χ2v) is 9.90. The van der Waals surface area contributed by atoms with E-state index in [2.05, 4.69) is 25.4 Å². The molecule has 1 aliphatic rings. The summed E-state index contributed by atoms with van der Waals surface area (Å²) in [5.41, 5.74) is 1.85. The van der Waals surface area contributed by atoms with E-state index in [4.69, 9.17) is 4.42 Å². The number of furan rings is 1. The van der Waals surface area contributed by atoms with E-state index < -0.39 is 0 Å². The summed E-state index contributed by atoms with van der Waals surface area (Å²) in [5, 5.41) is 12.1. The maximum atomic E-state index is 12.8. The average molecular weight is 498 g/mol. The molecule has 5 rings (SSSR count). The summed E-state index contributed by atoms with van der Waals surface area (Å²) in [4.78, 5) is 33.2. The van der Waals surface area contributed by atoms with E-state index in [1.165, 1.54) is 23.1 Å². The van der Waals surface area contributed by atoms with Crippen LogP contribution in [0.15, 0.2) is 57.7 Å². The van der Waals surface area contributed by atoms with Gasteiger partial charge in [-0.25, -0.2) is 4.98 Å². The number of thioether (sulfide) groups is 1. The van der Waals surface area contributed by atoms with Gasteiger partial charge in [-0.1, -0.05) is 35.2 Å². The topological polar surface area (TPSA) is 109 Å². The number of aromatic nitrogens is 4. The summed E-state index contributed by atoms with van der Waals surface area (Å²) in [6.07, 6.45) is 3.30. The van der Waals surface area contributed by atoms with Crippen LogP contribution in [0.25, 0.3) is 11.0 Å². The minimum Gasteiger partial charge on any atom is -0.467 e. The quantitative estimate of drug-likeness (QED) is 0.369. The number of amides is 2. The molecular weight excluding hydrogens is 474 g/mol. The summed E-state index contributed by atoms with van der Waals surface area (Å²) in [5.74, 6) is 0.973. The molecule has 3 aromatic heterocycles. The minimum absolute atomic E-state index is 0.0804. The van der Waals surface area contributed by atoms with Crippen LogP contribution in [0.3, 0.4) is 0 Å². The van der Waals surface area contributed by atoms with E-state index in [-0.39, 0.29) is 24.1 Å². The first-order chi connectivity index (χ1) is 16.7. The van der Waals surface area contributed by atoms with E-state index in [9.17, 15) is 9.59 Å². The largest absolute Gasteiger partial charge is 0.467 e. The first-order valence-corrected chi connectivity index (χ1v) is 12.6. The third kappa shape index (κ3) is 5.23. The van der Waals surface area contributed by atoms with Gasteiger partial charge in [0.15, 0.2) is 4.34 Å². The summed E-state index contributed by atoms with van der Waals surface area (Å²) in [7, 11) is 0. The highest BCUT2D eigenvalue weighted by Crippen LogP contribution is 2.28. The molecule has 1 fully saturated rings. The lowest BCUT2D eigenvalue weighted by Crippen LogP contribution is -2.49. The van der Waals surface area contributed by atoms with Gasteiger partial charge in [-0.15, -0.1) is 10.2 Å². The van der Waals surface area contributed by atoms with Crippen molar-refractivity contribution in [1.29, 1.82) is 0 Å². The van der Waals surface area contributed by atoms with E-state index in [0.717, 1.165) is 20.5 Å². The highest BCUT2D eigenvalue weighted by molar-refractivity contribution is 8.01. The Kier molecular flexibility index (Phi) is 6.77. The van der Waals surface area contributed by atoms with Crippen LogP contribution < -0.4 is 10.2 Å². The number of anilines is 1. The Morgan fingerprint density at radius 1 is 1.09 bits per heavy atom. The number of benzene rings is 1. The smallest absolute Gasteiger partial charge is 0.242 e. The van der Waals surface area contributed by atoms with Crippen molar-refractivity contribution in [2.45, 2.75) is 17.4 Å². The fourth-order valence-corrected chi connectivity index (χ4v) is 5.42. The molecule has 1 saturated heterocycles. The van der Waals surface area contributed by atoms with Crippen LogP contribution in [0, 0.1) is 0 Å². The normalized spacial score (nSPS) is 14.0. The molecule has 0 unspecified atom stereocenters. The Morgan fingerprint density at radius 3 is 2.76 bits per heavy atom. The number of para-hydroxylation sites is 2. The van der Waals surface area contributed by atoms with Crippen molar-refractivity contribution in [3.8, 4) is 0 Å². The molecule has 12 heteroatoms. The summed E-state index contributed by atoms with van der Waals surface area (Å²) in [6, 6.07) is 11.4. The van der Waals surface area contributed by atoms with Gasteiger partial charge >= 0.3 is 0 Å². The molecule has 0 saturated carbocycles. The molecule has 176 valence electrons. The Bertz CT molecular complexity index is 1260. The van der Waals surface area contributed by atoms with Crippen LogP contribution in [0.1, 0.15) is 5.76 Å². The molecule has 10 nitrogen and oxygen atoms in total. The van der Waals surface area contributed by atoms with Crippen LogP contribution in [0.4, 0.5) is 5.13 Å². The molecule has 2 amide bonds. The molecule has 0 aliphatic carbocycles. The Hall–Kier alpha value is -3.38. The zero-order valence-electron chi connectivity index (χ0n) is 18.3. The number of imidazole rings is 1. The molecule has 1 aliphatic heterocycles. The van der Waals surface area contributed by atoms with Gasteiger partial charge in [0.2, 0.25) is 16.9 Å². The Morgan fingerprint density at radius 2 is 1.94 bits per heavy atom. The lowest BCUT2D eigenvalue weighted by Gasteiger charge is -2.34. The maximum Gasteiger partial charge on any atom is 0.242 e. The van der Waals surface area contributed by atoms with E-state index in [0.29, 0.717) is 38.5 Å². The molecule has 1 aromatic carbocycles. The van der Waals surface area contributed by atoms with Crippen molar-refractivity contribution in [1.82, 2.24) is 30.0 Å². The van der Waals surface area contributed by atoms with Gasteiger partial charge in [-0.3, -0.25) is 9.59 Å². The van der Waals surface area contributed by atoms with E-state index >= 15 is 0 Å². The third-order valence-corrected chi connectivity index (χ3v) is 7.62. The number of nitrogens with zero attached hydrogens (tertiary/aromatic N) is 6. The second-order valence-electron chi connectivity index (χ2n) is 7.72. The van der Waals surface area contributed by atoms with Crippen molar-refractivity contribution in [2.24, 2.45) is 0 Å². The van der Waals surface area contributed by atoms with Gasteiger partial charge in [0.1, 0.15) is 12.3 Å². The number of fused-ring (bicyclic) bond motifs is 1. The molecule has 34 heavy (non-hydrogen) atoms. The Labute approximate surface area is 204 Å². The molecule has 4 heterocycles. The van der Waals surface area contributed by atoms with Crippen LogP contribution in [0.5, 0.6) is 0 Å². The van der Waals surface area contributed by atoms with Crippen molar-refractivity contribution in [2.75, 3.05) is 36.8 Å². The average Bonchev–Trinajstić information content (AvgIpc) is 3.63. The van der Waals surface area contributed by atoms with Crippen LogP contribution in [0.2, 0.25) is 0 Å². The number of hydrogen-bond acceptors (Lipinski definition) is 9.